The van der Waals surface area contributed by atoms with Gasteiger partial charge in [-0.25, -0.2) is 4.39 Å². The highest BCUT2D eigenvalue weighted by Crippen LogP contribution is 2.39. The summed E-state index contributed by atoms with van der Waals surface area (Å²) >= 11 is 0. The number of hydrogen-bond acceptors (Lipinski definition) is 3. The lowest BCUT2D eigenvalue weighted by molar-refractivity contribution is 0.0246. The van der Waals surface area contributed by atoms with E-state index in [0.29, 0.717) is 24.3 Å². The van der Waals surface area contributed by atoms with E-state index in [9.17, 15) is 9.18 Å². The summed E-state index contributed by atoms with van der Waals surface area (Å²) in [4.78, 5) is 12.1. The van der Waals surface area contributed by atoms with Crippen LogP contribution in [-0.4, -0.2) is 24.6 Å². The topological polar surface area (TPSA) is 35.5 Å². The lowest BCUT2D eigenvalue weighted by Gasteiger charge is -2.37. The predicted molar refractivity (Wildman–Crippen MR) is 63.4 cm³/mol. The summed E-state index contributed by atoms with van der Waals surface area (Å²) in [7, 11) is 0. The molecular formula is C14H15FO3. The Balaban J connectivity index is 1.95. The molecule has 1 atom stereocenters. The van der Waals surface area contributed by atoms with Gasteiger partial charge in [-0.05, 0) is 31.0 Å². The van der Waals surface area contributed by atoms with Crippen molar-refractivity contribution >= 4 is 5.78 Å². The monoisotopic (exact) mass is 250 g/mol. The van der Waals surface area contributed by atoms with Crippen LogP contribution in [0.4, 0.5) is 4.39 Å². The van der Waals surface area contributed by atoms with E-state index in [4.69, 9.17) is 9.47 Å². The molecule has 0 N–H and O–H groups in total. The molecule has 0 amide bonds. The molecule has 0 aromatic heterocycles. The second kappa shape index (κ2) is 4.35. The Morgan fingerprint density at radius 1 is 1.22 bits per heavy atom. The van der Waals surface area contributed by atoms with Crippen molar-refractivity contribution in [3.05, 3.63) is 29.6 Å². The zero-order chi connectivity index (χ0) is 12.6. The fourth-order valence-corrected chi connectivity index (χ4v) is 2.73. The minimum absolute atomic E-state index is 0.0300. The molecule has 3 nitrogen and oxygen atoms in total. The molecule has 1 saturated heterocycles. The first-order chi connectivity index (χ1) is 8.69. The standard InChI is InChI=1S/C14H15FO3/c15-10-2-3-13-11(8-10)12(16)9-14(18-13)4-1-6-17-7-5-14/h2-3,8H,1,4-7,9H2. The molecule has 1 aromatic rings. The summed E-state index contributed by atoms with van der Waals surface area (Å²) in [5, 5.41) is 0. The van der Waals surface area contributed by atoms with Crippen LogP contribution in [0.5, 0.6) is 5.75 Å². The van der Waals surface area contributed by atoms with Crippen LogP contribution < -0.4 is 4.74 Å². The minimum atomic E-state index is -0.446. The van der Waals surface area contributed by atoms with Crippen molar-refractivity contribution in [2.45, 2.75) is 31.3 Å². The van der Waals surface area contributed by atoms with Gasteiger partial charge in [-0.2, -0.15) is 0 Å². The number of halogens is 1. The summed E-state index contributed by atoms with van der Waals surface area (Å²) in [5.74, 6) is 0.0815. The second-order valence-corrected chi connectivity index (χ2v) is 4.99. The van der Waals surface area contributed by atoms with E-state index in [1.165, 1.54) is 12.1 Å². The van der Waals surface area contributed by atoms with Crippen LogP contribution in [0.1, 0.15) is 36.0 Å². The number of ether oxygens (including phenoxy) is 2. The molecule has 96 valence electrons. The fraction of sp³-hybridized carbons (Fsp3) is 0.500. The molecule has 1 unspecified atom stereocenters. The summed E-state index contributed by atoms with van der Waals surface area (Å²) in [6, 6.07) is 4.14. The highest BCUT2D eigenvalue weighted by atomic mass is 19.1. The molecule has 4 heteroatoms. The molecule has 1 spiro atoms. The molecular weight excluding hydrogens is 235 g/mol. The van der Waals surface area contributed by atoms with E-state index < -0.39 is 11.4 Å². The van der Waals surface area contributed by atoms with Crippen molar-refractivity contribution in [3.8, 4) is 5.75 Å². The van der Waals surface area contributed by atoms with Crippen molar-refractivity contribution in [2.75, 3.05) is 13.2 Å². The smallest absolute Gasteiger partial charge is 0.170 e. The van der Waals surface area contributed by atoms with Gasteiger partial charge >= 0.3 is 0 Å². The lowest BCUT2D eigenvalue weighted by Crippen LogP contribution is -2.42. The Morgan fingerprint density at radius 3 is 3.00 bits per heavy atom. The maximum absolute atomic E-state index is 13.1. The normalized spacial score (nSPS) is 27.5. The lowest BCUT2D eigenvalue weighted by atomic mass is 9.84. The van der Waals surface area contributed by atoms with Gasteiger partial charge in [0.25, 0.3) is 0 Å². The molecule has 0 aliphatic carbocycles. The Morgan fingerprint density at radius 2 is 2.11 bits per heavy atom. The van der Waals surface area contributed by atoms with E-state index >= 15 is 0 Å². The maximum Gasteiger partial charge on any atom is 0.170 e. The highest BCUT2D eigenvalue weighted by Gasteiger charge is 2.40. The van der Waals surface area contributed by atoms with Crippen LogP contribution in [-0.2, 0) is 4.74 Å². The summed E-state index contributed by atoms with van der Waals surface area (Å²) < 4.78 is 24.6. The minimum Gasteiger partial charge on any atom is -0.486 e. The number of ketones is 1. The predicted octanol–water partition coefficient (Wildman–Crippen LogP) is 2.73. The molecule has 18 heavy (non-hydrogen) atoms. The van der Waals surface area contributed by atoms with Gasteiger partial charge < -0.3 is 9.47 Å². The van der Waals surface area contributed by atoms with Crippen LogP contribution in [0.2, 0.25) is 0 Å². The average Bonchev–Trinajstić information content (AvgIpc) is 2.56. The van der Waals surface area contributed by atoms with Crippen molar-refractivity contribution in [1.29, 1.82) is 0 Å². The van der Waals surface area contributed by atoms with Gasteiger partial charge in [-0.3, -0.25) is 4.79 Å². The van der Waals surface area contributed by atoms with Crippen molar-refractivity contribution < 1.29 is 18.7 Å². The number of fused-ring (bicyclic) bond motifs is 1. The van der Waals surface area contributed by atoms with E-state index in [1.807, 2.05) is 0 Å². The Hall–Kier alpha value is -1.42. The largest absolute Gasteiger partial charge is 0.486 e. The Bertz CT molecular complexity index is 476. The van der Waals surface area contributed by atoms with Gasteiger partial charge in [-0.15, -0.1) is 0 Å². The van der Waals surface area contributed by atoms with Crippen molar-refractivity contribution in [3.63, 3.8) is 0 Å². The Labute approximate surface area is 105 Å². The Kier molecular flexibility index (Phi) is 2.82. The zero-order valence-corrected chi connectivity index (χ0v) is 10.1. The number of carbonyl (C=O) groups excluding carboxylic acids is 1. The second-order valence-electron chi connectivity index (χ2n) is 4.99. The first kappa shape index (κ1) is 11.7. The van der Waals surface area contributed by atoms with Gasteiger partial charge in [0.1, 0.15) is 17.2 Å². The molecule has 0 saturated carbocycles. The number of carbonyl (C=O) groups is 1. The van der Waals surface area contributed by atoms with Gasteiger partial charge in [0.15, 0.2) is 5.78 Å². The molecule has 0 bridgehead atoms. The third kappa shape index (κ3) is 2.01. The first-order valence-electron chi connectivity index (χ1n) is 6.28. The number of benzene rings is 1. The van der Waals surface area contributed by atoms with Gasteiger partial charge in [0.2, 0.25) is 0 Å². The maximum atomic E-state index is 13.1. The first-order valence-corrected chi connectivity index (χ1v) is 6.28. The fourth-order valence-electron chi connectivity index (χ4n) is 2.73. The van der Waals surface area contributed by atoms with Crippen LogP contribution in [0.3, 0.4) is 0 Å². The number of hydrogen-bond donors (Lipinski definition) is 0. The summed E-state index contributed by atoms with van der Waals surface area (Å²) in [6.07, 6.45) is 2.75. The van der Waals surface area contributed by atoms with Gasteiger partial charge in [0.05, 0.1) is 18.6 Å². The molecule has 3 rings (SSSR count). The zero-order valence-electron chi connectivity index (χ0n) is 10.1. The number of Topliss-reactive ketones (excluding diaryl/α,β-unsaturated/α-hetero) is 1. The van der Waals surface area contributed by atoms with Crippen LogP contribution >= 0.6 is 0 Å². The van der Waals surface area contributed by atoms with Crippen LogP contribution in [0.25, 0.3) is 0 Å². The van der Waals surface area contributed by atoms with E-state index in [2.05, 4.69) is 0 Å². The molecule has 1 aromatic carbocycles. The molecule has 2 aliphatic heterocycles. The van der Waals surface area contributed by atoms with Gasteiger partial charge in [0, 0.05) is 13.0 Å². The number of rotatable bonds is 0. The third-order valence-electron chi connectivity index (χ3n) is 3.67. The molecule has 0 radical (unpaired) electrons. The van der Waals surface area contributed by atoms with Gasteiger partial charge in [-0.1, -0.05) is 0 Å². The quantitative estimate of drug-likeness (QED) is 0.710. The van der Waals surface area contributed by atoms with Crippen molar-refractivity contribution in [2.24, 2.45) is 0 Å². The molecule has 2 aliphatic rings. The average molecular weight is 250 g/mol. The highest BCUT2D eigenvalue weighted by molar-refractivity contribution is 6.00. The van der Waals surface area contributed by atoms with E-state index in [-0.39, 0.29) is 5.78 Å². The van der Waals surface area contributed by atoms with E-state index in [1.54, 1.807) is 6.07 Å². The SMILES string of the molecule is O=C1CC2(CCCOCC2)Oc2ccc(F)cc21. The van der Waals surface area contributed by atoms with E-state index in [0.717, 1.165) is 25.9 Å². The third-order valence-corrected chi connectivity index (χ3v) is 3.67. The van der Waals surface area contributed by atoms with Crippen LogP contribution in [0, 0.1) is 5.82 Å². The summed E-state index contributed by atoms with van der Waals surface area (Å²) in [5.41, 5.74) is -0.0795. The summed E-state index contributed by atoms with van der Waals surface area (Å²) in [6.45, 7) is 1.33. The van der Waals surface area contributed by atoms with Crippen molar-refractivity contribution in [1.82, 2.24) is 0 Å². The molecule has 1 fully saturated rings. The van der Waals surface area contributed by atoms with Crippen LogP contribution in [0.15, 0.2) is 18.2 Å². The molecule has 2 heterocycles.